The third-order valence-corrected chi connectivity index (χ3v) is 4.96. The van der Waals surface area contributed by atoms with Crippen molar-refractivity contribution in [3.8, 4) is 0 Å². The van der Waals surface area contributed by atoms with E-state index in [4.69, 9.17) is 9.15 Å². The molecule has 1 saturated heterocycles. The van der Waals surface area contributed by atoms with E-state index < -0.39 is 17.6 Å². The molecule has 0 N–H and O–H groups in total. The highest BCUT2D eigenvalue weighted by molar-refractivity contribution is 5.95. The number of amides is 2. The standard InChI is InChI=1S/C18H24N2O5/c1-11-9-13(12-5-4-6-12)25-18(23)15(11)17(22)20-7-8-24-14(10-20)16(21)19(2)3/h9,12,14H,4-8,10H2,1-3H3. The van der Waals surface area contributed by atoms with Crippen LogP contribution in [0.15, 0.2) is 15.3 Å². The molecule has 7 nitrogen and oxygen atoms in total. The van der Waals surface area contributed by atoms with Gasteiger partial charge < -0.3 is 19.0 Å². The van der Waals surface area contributed by atoms with Gasteiger partial charge in [-0.2, -0.15) is 0 Å². The van der Waals surface area contributed by atoms with Crippen molar-refractivity contribution in [1.82, 2.24) is 9.80 Å². The normalized spacial score (nSPS) is 20.9. The maximum Gasteiger partial charge on any atom is 0.349 e. The topological polar surface area (TPSA) is 80.1 Å². The maximum atomic E-state index is 12.8. The molecule has 2 heterocycles. The zero-order valence-corrected chi connectivity index (χ0v) is 14.9. The summed E-state index contributed by atoms with van der Waals surface area (Å²) >= 11 is 0. The van der Waals surface area contributed by atoms with Crippen LogP contribution in [-0.4, -0.2) is 61.5 Å². The number of ether oxygens (including phenoxy) is 1. The van der Waals surface area contributed by atoms with E-state index in [1.54, 1.807) is 27.1 Å². The molecule has 1 unspecified atom stereocenters. The molecule has 2 amide bonds. The minimum Gasteiger partial charge on any atom is -0.427 e. The first-order valence-electron chi connectivity index (χ1n) is 8.65. The lowest BCUT2D eigenvalue weighted by Crippen LogP contribution is -2.52. The molecular weight excluding hydrogens is 324 g/mol. The van der Waals surface area contributed by atoms with Gasteiger partial charge >= 0.3 is 5.63 Å². The van der Waals surface area contributed by atoms with Gasteiger partial charge in [0.05, 0.1) is 13.2 Å². The van der Waals surface area contributed by atoms with E-state index in [0.717, 1.165) is 19.3 Å². The zero-order valence-electron chi connectivity index (χ0n) is 14.9. The number of rotatable bonds is 3. The lowest BCUT2D eigenvalue weighted by atomic mass is 9.83. The minimum atomic E-state index is -0.700. The summed E-state index contributed by atoms with van der Waals surface area (Å²) in [5, 5.41) is 0. The summed E-state index contributed by atoms with van der Waals surface area (Å²) in [6.45, 7) is 2.51. The van der Waals surface area contributed by atoms with Crippen LogP contribution in [-0.2, 0) is 9.53 Å². The molecule has 2 aliphatic rings. The fourth-order valence-electron chi connectivity index (χ4n) is 3.21. The summed E-state index contributed by atoms with van der Waals surface area (Å²) in [4.78, 5) is 40.2. The molecule has 1 aromatic rings. The second kappa shape index (κ2) is 7.00. The van der Waals surface area contributed by atoms with E-state index in [2.05, 4.69) is 0 Å². The molecule has 0 bridgehead atoms. The van der Waals surface area contributed by atoms with Crippen LogP contribution in [0.4, 0.5) is 0 Å². The summed E-state index contributed by atoms with van der Waals surface area (Å²) in [6.07, 6.45) is 2.48. The Morgan fingerprint density at radius 1 is 1.28 bits per heavy atom. The van der Waals surface area contributed by atoms with Crippen LogP contribution in [0.25, 0.3) is 0 Å². The molecule has 2 fully saturated rings. The van der Waals surface area contributed by atoms with Crippen molar-refractivity contribution >= 4 is 11.8 Å². The van der Waals surface area contributed by atoms with Gasteiger partial charge in [-0.15, -0.1) is 0 Å². The molecule has 1 aliphatic heterocycles. The number of carbonyl (C=O) groups is 2. The number of hydrogen-bond acceptors (Lipinski definition) is 5. The van der Waals surface area contributed by atoms with E-state index in [-0.39, 0.29) is 24.6 Å². The molecular formula is C18H24N2O5. The van der Waals surface area contributed by atoms with E-state index in [1.165, 1.54) is 9.80 Å². The van der Waals surface area contributed by atoms with Gasteiger partial charge in [0.15, 0.2) is 6.10 Å². The number of hydrogen-bond donors (Lipinski definition) is 0. The van der Waals surface area contributed by atoms with Crippen molar-refractivity contribution in [2.24, 2.45) is 0 Å². The van der Waals surface area contributed by atoms with Gasteiger partial charge in [0, 0.05) is 26.6 Å². The highest BCUT2D eigenvalue weighted by atomic mass is 16.5. The molecule has 1 aliphatic carbocycles. The predicted octanol–water partition coefficient (Wildman–Crippen LogP) is 1.14. The first kappa shape index (κ1) is 17.7. The van der Waals surface area contributed by atoms with Crippen LogP contribution in [0.3, 0.4) is 0 Å². The Balaban J connectivity index is 1.80. The fourth-order valence-corrected chi connectivity index (χ4v) is 3.21. The first-order valence-corrected chi connectivity index (χ1v) is 8.65. The molecule has 136 valence electrons. The second-order valence-corrected chi connectivity index (χ2v) is 6.97. The van der Waals surface area contributed by atoms with E-state index in [1.807, 2.05) is 0 Å². The molecule has 1 saturated carbocycles. The summed E-state index contributed by atoms with van der Waals surface area (Å²) < 4.78 is 10.9. The monoisotopic (exact) mass is 348 g/mol. The predicted molar refractivity (Wildman–Crippen MR) is 90.6 cm³/mol. The van der Waals surface area contributed by atoms with Crippen molar-refractivity contribution in [2.75, 3.05) is 33.8 Å². The summed E-state index contributed by atoms with van der Waals surface area (Å²) in [5.41, 5.74) is 0.0973. The Kier molecular flexibility index (Phi) is 4.94. The Morgan fingerprint density at radius 3 is 2.56 bits per heavy atom. The SMILES string of the molecule is Cc1cc(C2CCC2)oc(=O)c1C(=O)N1CCOC(C(=O)N(C)C)C1. The van der Waals surface area contributed by atoms with Crippen LogP contribution in [0.2, 0.25) is 0 Å². The Hall–Kier alpha value is -2.15. The molecule has 7 heteroatoms. The van der Waals surface area contributed by atoms with E-state index in [0.29, 0.717) is 23.8 Å². The van der Waals surface area contributed by atoms with Crippen LogP contribution in [0.5, 0.6) is 0 Å². The fraction of sp³-hybridized carbons (Fsp3) is 0.611. The third kappa shape index (κ3) is 3.46. The quantitative estimate of drug-likeness (QED) is 0.818. The lowest BCUT2D eigenvalue weighted by molar-refractivity contribution is -0.145. The Morgan fingerprint density at radius 2 is 2.00 bits per heavy atom. The molecule has 0 aromatic carbocycles. The minimum absolute atomic E-state index is 0.0565. The van der Waals surface area contributed by atoms with Crippen LogP contribution < -0.4 is 5.63 Å². The van der Waals surface area contributed by atoms with Crippen molar-refractivity contribution in [3.05, 3.63) is 33.4 Å². The summed E-state index contributed by atoms with van der Waals surface area (Å²) in [7, 11) is 3.29. The molecule has 0 radical (unpaired) electrons. The average Bonchev–Trinajstić information content (AvgIpc) is 2.51. The van der Waals surface area contributed by atoms with E-state index >= 15 is 0 Å². The average molecular weight is 348 g/mol. The lowest BCUT2D eigenvalue weighted by Gasteiger charge is -2.33. The Bertz CT molecular complexity index is 735. The van der Waals surface area contributed by atoms with Crippen LogP contribution in [0.1, 0.15) is 46.9 Å². The van der Waals surface area contributed by atoms with Crippen LogP contribution in [0, 0.1) is 6.92 Å². The second-order valence-electron chi connectivity index (χ2n) is 6.97. The highest BCUT2D eigenvalue weighted by Crippen LogP contribution is 2.36. The number of morpholine rings is 1. The largest absolute Gasteiger partial charge is 0.427 e. The molecule has 0 spiro atoms. The number of aryl methyl sites for hydroxylation is 1. The third-order valence-electron chi connectivity index (χ3n) is 4.96. The van der Waals surface area contributed by atoms with Gasteiger partial charge in [0.2, 0.25) is 0 Å². The van der Waals surface area contributed by atoms with Crippen molar-refractivity contribution < 1.29 is 18.7 Å². The van der Waals surface area contributed by atoms with Crippen molar-refractivity contribution in [1.29, 1.82) is 0 Å². The maximum absolute atomic E-state index is 12.8. The smallest absolute Gasteiger partial charge is 0.349 e. The van der Waals surface area contributed by atoms with Gasteiger partial charge in [-0.1, -0.05) is 6.42 Å². The zero-order chi connectivity index (χ0) is 18.1. The number of likely N-dealkylation sites (N-methyl/N-ethyl adjacent to an activating group) is 1. The van der Waals surface area contributed by atoms with Gasteiger partial charge in [-0.25, -0.2) is 4.79 Å². The van der Waals surface area contributed by atoms with Gasteiger partial charge in [0.25, 0.3) is 11.8 Å². The van der Waals surface area contributed by atoms with Crippen LogP contribution >= 0.6 is 0 Å². The highest BCUT2D eigenvalue weighted by Gasteiger charge is 2.33. The molecule has 25 heavy (non-hydrogen) atoms. The van der Waals surface area contributed by atoms with Gasteiger partial charge in [0.1, 0.15) is 11.3 Å². The number of nitrogens with zero attached hydrogens (tertiary/aromatic N) is 2. The number of carbonyl (C=O) groups excluding carboxylic acids is 2. The summed E-state index contributed by atoms with van der Waals surface area (Å²) in [6, 6.07) is 1.81. The summed E-state index contributed by atoms with van der Waals surface area (Å²) in [5.74, 6) is 0.377. The Labute approximate surface area is 146 Å². The van der Waals surface area contributed by atoms with Gasteiger partial charge in [-0.05, 0) is 31.4 Å². The molecule has 1 atom stereocenters. The molecule has 3 rings (SSSR count). The first-order chi connectivity index (χ1) is 11.9. The van der Waals surface area contributed by atoms with Gasteiger partial charge in [-0.3, -0.25) is 9.59 Å². The van der Waals surface area contributed by atoms with Crippen molar-refractivity contribution in [3.63, 3.8) is 0 Å². The van der Waals surface area contributed by atoms with E-state index in [9.17, 15) is 14.4 Å². The molecule has 1 aromatic heterocycles. The van der Waals surface area contributed by atoms with Crippen molar-refractivity contribution in [2.45, 2.75) is 38.2 Å².